The Balaban J connectivity index is 1.58. The largest absolute Gasteiger partial charge is 0.483 e. The zero-order chi connectivity index (χ0) is 22.1. The van der Waals surface area contributed by atoms with Crippen molar-refractivity contribution >= 4 is 34.0 Å². The molecule has 0 unspecified atom stereocenters. The number of aromatic nitrogens is 2. The number of para-hydroxylation sites is 2. The number of carbonyl (C=O) groups excluding carboxylic acids is 2. The Morgan fingerprint density at radius 2 is 1.81 bits per heavy atom. The van der Waals surface area contributed by atoms with Crippen molar-refractivity contribution in [3.05, 3.63) is 64.9 Å². The van der Waals surface area contributed by atoms with Crippen molar-refractivity contribution in [2.75, 3.05) is 17.2 Å². The van der Waals surface area contributed by atoms with Gasteiger partial charge >= 0.3 is 0 Å². The zero-order valence-corrected chi connectivity index (χ0v) is 17.9. The van der Waals surface area contributed by atoms with E-state index in [1.165, 1.54) is 29.5 Å². The number of anilines is 2. The molecule has 1 heterocycles. The molecule has 0 bridgehead atoms. The normalized spacial score (nSPS) is 10.5. The van der Waals surface area contributed by atoms with Gasteiger partial charge in [0.1, 0.15) is 16.6 Å². The van der Waals surface area contributed by atoms with Gasteiger partial charge in [0.15, 0.2) is 6.61 Å². The number of benzene rings is 2. The molecular weight excluding hydrogens is 419 g/mol. The van der Waals surface area contributed by atoms with Crippen molar-refractivity contribution in [3.63, 3.8) is 0 Å². The van der Waals surface area contributed by atoms with Gasteiger partial charge in [0.05, 0.1) is 11.3 Å². The molecule has 0 saturated carbocycles. The molecule has 0 saturated heterocycles. The number of nitrogens with zero attached hydrogens (tertiary/aromatic N) is 2. The number of carbonyl (C=O) groups is 2. The van der Waals surface area contributed by atoms with E-state index in [9.17, 15) is 14.0 Å². The van der Waals surface area contributed by atoms with E-state index in [1.54, 1.807) is 30.3 Å². The van der Waals surface area contributed by atoms with Crippen molar-refractivity contribution in [1.29, 1.82) is 0 Å². The van der Waals surface area contributed by atoms with E-state index in [1.807, 2.05) is 0 Å². The summed E-state index contributed by atoms with van der Waals surface area (Å²) in [7, 11) is 0. The van der Waals surface area contributed by atoms with E-state index in [-0.39, 0.29) is 23.6 Å². The van der Waals surface area contributed by atoms with Crippen molar-refractivity contribution in [1.82, 2.24) is 10.2 Å². The molecule has 0 aliphatic rings. The smallest absolute Gasteiger partial charge is 0.262 e. The number of unbranched alkanes of at least 4 members (excludes halogenated alkanes) is 2. The fraction of sp³-hybridized carbons (Fsp3) is 0.273. The number of hydrogen-bond donors (Lipinski definition) is 2. The van der Waals surface area contributed by atoms with Gasteiger partial charge in [0, 0.05) is 6.42 Å². The number of amides is 2. The van der Waals surface area contributed by atoms with Crippen LogP contribution in [-0.4, -0.2) is 28.6 Å². The highest BCUT2D eigenvalue weighted by molar-refractivity contribution is 7.15. The number of nitrogens with one attached hydrogen (secondary N) is 2. The third-order valence-corrected chi connectivity index (χ3v) is 5.22. The molecule has 0 aliphatic heterocycles. The highest BCUT2D eigenvalue weighted by atomic mass is 32.1. The molecule has 0 radical (unpaired) electrons. The summed E-state index contributed by atoms with van der Waals surface area (Å²) in [5.41, 5.74) is 0.317. The Kier molecular flexibility index (Phi) is 8.05. The minimum absolute atomic E-state index is 0.0631. The molecule has 0 fully saturated rings. The lowest BCUT2D eigenvalue weighted by atomic mass is 10.2. The van der Waals surface area contributed by atoms with E-state index < -0.39 is 17.6 Å². The number of rotatable bonds is 10. The van der Waals surface area contributed by atoms with Crippen LogP contribution < -0.4 is 15.4 Å². The van der Waals surface area contributed by atoms with Crippen LogP contribution in [0.15, 0.2) is 48.5 Å². The van der Waals surface area contributed by atoms with E-state index >= 15 is 0 Å². The molecule has 31 heavy (non-hydrogen) atoms. The first-order chi connectivity index (χ1) is 15.1. The second kappa shape index (κ2) is 11.2. The van der Waals surface area contributed by atoms with Gasteiger partial charge in [-0.15, -0.1) is 10.2 Å². The fourth-order valence-corrected chi connectivity index (χ4v) is 3.54. The van der Waals surface area contributed by atoms with Gasteiger partial charge in [0.25, 0.3) is 11.8 Å². The van der Waals surface area contributed by atoms with Crippen LogP contribution in [0.1, 0.15) is 41.6 Å². The maximum absolute atomic E-state index is 13.7. The average molecular weight is 443 g/mol. The Labute approximate surface area is 183 Å². The molecular formula is C22H23FN4O3S. The zero-order valence-electron chi connectivity index (χ0n) is 17.1. The summed E-state index contributed by atoms with van der Waals surface area (Å²) in [6.07, 6.45) is 4.11. The lowest BCUT2D eigenvalue weighted by Gasteiger charge is -2.11. The van der Waals surface area contributed by atoms with Gasteiger partial charge < -0.3 is 10.1 Å². The molecule has 9 heteroatoms. The van der Waals surface area contributed by atoms with Crippen molar-refractivity contribution in [2.24, 2.45) is 0 Å². The standard InChI is InChI=1S/C22H23FN4O3S/c1-2-3-4-13-20-26-27-22(31-20)25-21(29)15-9-5-8-12-18(15)30-14-19(28)24-17-11-7-6-10-16(17)23/h5-12H,2-4,13-14H2,1H3,(H,24,28)(H,25,27,29). The SMILES string of the molecule is CCCCCc1nnc(NC(=O)c2ccccc2OCC(=O)Nc2ccccc2F)s1. The first-order valence-corrected chi connectivity index (χ1v) is 10.8. The third kappa shape index (κ3) is 6.58. The second-order valence-corrected chi connectivity index (χ2v) is 7.79. The monoisotopic (exact) mass is 442 g/mol. The highest BCUT2D eigenvalue weighted by Crippen LogP contribution is 2.22. The van der Waals surface area contributed by atoms with Gasteiger partial charge in [-0.2, -0.15) is 0 Å². The van der Waals surface area contributed by atoms with Crippen LogP contribution in [0.2, 0.25) is 0 Å². The summed E-state index contributed by atoms with van der Waals surface area (Å²) in [6.45, 7) is 1.76. The topological polar surface area (TPSA) is 93.2 Å². The summed E-state index contributed by atoms with van der Waals surface area (Å²) < 4.78 is 19.2. The van der Waals surface area contributed by atoms with Crippen LogP contribution in [0.4, 0.5) is 15.2 Å². The van der Waals surface area contributed by atoms with Crippen molar-refractivity contribution in [2.45, 2.75) is 32.6 Å². The minimum atomic E-state index is -0.541. The van der Waals surface area contributed by atoms with Gasteiger partial charge in [-0.05, 0) is 30.7 Å². The maximum atomic E-state index is 13.7. The lowest BCUT2D eigenvalue weighted by Crippen LogP contribution is -2.22. The summed E-state index contributed by atoms with van der Waals surface area (Å²) in [5.74, 6) is -1.26. The van der Waals surface area contributed by atoms with Gasteiger partial charge in [0.2, 0.25) is 5.13 Å². The van der Waals surface area contributed by atoms with Crippen molar-refractivity contribution in [3.8, 4) is 5.75 Å². The number of halogens is 1. The summed E-state index contributed by atoms with van der Waals surface area (Å²) in [6, 6.07) is 12.4. The fourth-order valence-electron chi connectivity index (χ4n) is 2.77. The summed E-state index contributed by atoms with van der Waals surface area (Å²) in [4.78, 5) is 24.8. The van der Waals surface area contributed by atoms with Crippen LogP contribution in [0.5, 0.6) is 5.75 Å². The third-order valence-electron chi connectivity index (χ3n) is 4.32. The molecule has 0 atom stereocenters. The van der Waals surface area contributed by atoms with E-state index in [2.05, 4.69) is 27.8 Å². The molecule has 3 aromatic rings. The van der Waals surface area contributed by atoms with Gasteiger partial charge in [-0.25, -0.2) is 4.39 Å². The Hall–Kier alpha value is -3.33. The summed E-state index contributed by atoms with van der Waals surface area (Å²) in [5, 5.41) is 14.6. The summed E-state index contributed by atoms with van der Waals surface area (Å²) >= 11 is 1.34. The minimum Gasteiger partial charge on any atom is -0.483 e. The van der Waals surface area contributed by atoms with Gasteiger partial charge in [-0.3, -0.25) is 14.9 Å². The molecule has 162 valence electrons. The van der Waals surface area contributed by atoms with Crippen LogP contribution >= 0.6 is 11.3 Å². The predicted molar refractivity (Wildman–Crippen MR) is 118 cm³/mol. The molecule has 3 rings (SSSR count). The van der Waals surface area contributed by atoms with E-state index in [0.717, 1.165) is 30.7 Å². The first-order valence-electron chi connectivity index (χ1n) is 9.96. The molecule has 2 N–H and O–H groups in total. The molecule has 2 amide bonds. The molecule has 0 spiro atoms. The second-order valence-electron chi connectivity index (χ2n) is 6.73. The molecule has 7 nitrogen and oxygen atoms in total. The van der Waals surface area contributed by atoms with Crippen LogP contribution in [0.3, 0.4) is 0 Å². The van der Waals surface area contributed by atoms with Crippen LogP contribution in [-0.2, 0) is 11.2 Å². The van der Waals surface area contributed by atoms with Gasteiger partial charge in [-0.1, -0.05) is 55.4 Å². The van der Waals surface area contributed by atoms with Crippen LogP contribution in [0, 0.1) is 5.82 Å². The molecule has 1 aromatic heterocycles. The molecule has 0 aliphatic carbocycles. The van der Waals surface area contributed by atoms with Crippen molar-refractivity contribution < 1.29 is 18.7 Å². The number of hydrogen-bond acceptors (Lipinski definition) is 6. The number of aryl methyl sites for hydroxylation is 1. The van der Waals surface area contributed by atoms with E-state index in [4.69, 9.17) is 4.74 Å². The number of ether oxygens (including phenoxy) is 1. The maximum Gasteiger partial charge on any atom is 0.262 e. The Morgan fingerprint density at radius 3 is 2.61 bits per heavy atom. The lowest BCUT2D eigenvalue weighted by molar-refractivity contribution is -0.118. The van der Waals surface area contributed by atoms with Crippen LogP contribution in [0.25, 0.3) is 0 Å². The Morgan fingerprint density at radius 1 is 1.03 bits per heavy atom. The average Bonchev–Trinajstić information content (AvgIpc) is 3.21. The highest BCUT2D eigenvalue weighted by Gasteiger charge is 2.16. The Bertz CT molecular complexity index is 1040. The quantitative estimate of drug-likeness (QED) is 0.445. The molecule has 2 aromatic carbocycles. The first kappa shape index (κ1) is 22.4. The predicted octanol–water partition coefficient (Wildman–Crippen LogP) is 4.68. The van der Waals surface area contributed by atoms with E-state index in [0.29, 0.717) is 5.13 Å².